The Labute approximate surface area is 219 Å². The third-order valence-electron chi connectivity index (χ3n) is 5.47. The van der Waals surface area contributed by atoms with Gasteiger partial charge < -0.3 is 20.5 Å². The van der Waals surface area contributed by atoms with E-state index < -0.39 is 29.4 Å². The Bertz CT molecular complexity index is 1220. The number of nitrogens with one attached hydrogen (secondary N) is 2. The lowest BCUT2D eigenvalue weighted by atomic mass is 9.94. The average molecular weight is 529 g/mol. The van der Waals surface area contributed by atoms with Gasteiger partial charge in [-0.1, -0.05) is 35.9 Å². The van der Waals surface area contributed by atoms with Crippen LogP contribution in [-0.4, -0.2) is 41.6 Å². The monoisotopic (exact) mass is 528 g/mol. The first kappa shape index (κ1) is 27.2. The van der Waals surface area contributed by atoms with Gasteiger partial charge in [-0.25, -0.2) is 0 Å². The maximum absolute atomic E-state index is 13.1. The number of carboxylic acid groups (broad SMARTS) is 1. The first-order valence-corrected chi connectivity index (χ1v) is 12.6. The van der Waals surface area contributed by atoms with E-state index in [0.717, 1.165) is 16.0 Å². The molecule has 0 aliphatic heterocycles. The molecule has 0 bridgehead atoms. The van der Waals surface area contributed by atoms with Crippen LogP contribution in [0.5, 0.6) is 5.75 Å². The molecule has 2 aromatic carbocycles. The molecule has 0 unspecified atom stereocenters. The number of rotatable bonds is 11. The van der Waals surface area contributed by atoms with Crippen LogP contribution in [0.4, 0.5) is 0 Å². The second-order valence-electron chi connectivity index (χ2n) is 9.03. The number of ether oxygens (including phenoxy) is 1. The van der Waals surface area contributed by atoms with Crippen molar-refractivity contribution in [3.8, 4) is 16.2 Å². The van der Waals surface area contributed by atoms with E-state index in [0.29, 0.717) is 22.1 Å². The van der Waals surface area contributed by atoms with E-state index in [9.17, 15) is 14.4 Å². The summed E-state index contributed by atoms with van der Waals surface area (Å²) < 4.78 is 5.27. The molecule has 9 heteroatoms. The number of carbonyl (C=O) groups is 3. The first-order chi connectivity index (χ1) is 17.1. The van der Waals surface area contributed by atoms with Gasteiger partial charge in [-0.05, 0) is 74.2 Å². The summed E-state index contributed by atoms with van der Waals surface area (Å²) in [6.07, 6.45) is 0.248. The largest absolute Gasteiger partial charge is 0.497 e. The lowest BCUT2D eigenvalue weighted by molar-refractivity contribution is -0.137. The molecule has 0 radical (unpaired) electrons. The number of hydrogen-bond acceptors (Lipinski definition) is 5. The number of benzene rings is 2. The van der Waals surface area contributed by atoms with Gasteiger partial charge in [-0.3, -0.25) is 14.4 Å². The van der Waals surface area contributed by atoms with Crippen LogP contribution in [0.2, 0.25) is 5.02 Å². The number of hydrogen-bond donors (Lipinski definition) is 3. The zero-order chi connectivity index (χ0) is 26.3. The Balaban J connectivity index is 1.71. The lowest BCUT2D eigenvalue weighted by Crippen LogP contribution is -2.54. The molecule has 36 heavy (non-hydrogen) atoms. The Hall–Kier alpha value is -3.36. The number of methoxy groups -OCH3 is 1. The summed E-state index contributed by atoms with van der Waals surface area (Å²) in [4.78, 5) is 38.6. The fourth-order valence-electron chi connectivity index (χ4n) is 3.73. The number of thiophene rings is 1. The maximum Gasteiger partial charge on any atom is 0.303 e. The van der Waals surface area contributed by atoms with Crippen molar-refractivity contribution in [2.24, 2.45) is 0 Å². The van der Waals surface area contributed by atoms with Crippen molar-refractivity contribution in [2.45, 2.75) is 44.7 Å². The van der Waals surface area contributed by atoms with Crippen LogP contribution in [0.3, 0.4) is 0 Å². The minimum atomic E-state index is -1.04. The second kappa shape index (κ2) is 12.1. The predicted molar refractivity (Wildman–Crippen MR) is 142 cm³/mol. The van der Waals surface area contributed by atoms with Gasteiger partial charge in [-0.2, -0.15) is 0 Å². The fraction of sp³-hybridized carbons (Fsp3) is 0.296. The van der Waals surface area contributed by atoms with Crippen LogP contribution in [0.25, 0.3) is 10.4 Å². The van der Waals surface area contributed by atoms with Gasteiger partial charge in [0.1, 0.15) is 11.8 Å². The van der Waals surface area contributed by atoms with Crippen molar-refractivity contribution in [2.75, 3.05) is 7.11 Å². The summed E-state index contributed by atoms with van der Waals surface area (Å²) in [5.74, 6) is -1.21. The molecule has 0 saturated heterocycles. The quantitative estimate of drug-likeness (QED) is 0.318. The molecular formula is C27H29ClN2O5S. The van der Waals surface area contributed by atoms with Gasteiger partial charge in [0.25, 0.3) is 5.91 Å². The third kappa shape index (κ3) is 7.83. The first-order valence-electron chi connectivity index (χ1n) is 11.4. The molecule has 0 aliphatic rings. The van der Waals surface area contributed by atoms with E-state index in [1.165, 1.54) is 11.3 Å². The van der Waals surface area contributed by atoms with E-state index >= 15 is 0 Å². The van der Waals surface area contributed by atoms with Gasteiger partial charge >= 0.3 is 5.97 Å². The summed E-state index contributed by atoms with van der Waals surface area (Å²) in [7, 11) is 1.59. The summed E-state index contributed by atoms with van der Waals surface area (Å²) >= 11 is 7.24. The molecular weight excluding hydrogens is 500 g/mol. The van der Waals surface area contributed by atoms with Crippen LogP contribution in [0.1, 0.15) is 41.9 Å². The Morgan fingerprint density at radius 1 is 1.08 bits per heavy atom. The molecule has 0 spiro atoms. The SMILES string of the molecule is COc1cccc(-c2ccc(C(=O)N[C@@H](CCC(=O)O)C(=O)NC(C)(C)Cc3ccc(Cl)cc3)s2)c1. The molecule has 1 aromatic heterocycles. The Kier molecular flexibility index (Phi) is 9.12. The standard InChI is InChI=1S/C27H29ClN2O5S/c1-27(2,16-17-7-9-19(28)10-8-17)30-25(33)21(11-14-24(31)32)29-26(34)23-13-12-22(36-23)18-5-4-6-20(15-18)35-3/h4-10,12-13,15,21H,11,14,16H2,1-3H3,(H,29,34)(H,30,33)(H,31,32)/t21-/m0/s1. The highest BCUT2D eigenvalue weighted by molar-refractivity contribution is 7.17. The lowest BCUT2D eigenvalue weighted by Gasteiger charge is -2.29. The highest BCUT2D eigenvalue weighted by Crippen LogP contribution is 2.30. The molecule has 3 rings (SSSR count). The van der Waals surface area contributed by atoms with Gasteiger partial charge in [0, 0.05) is 21.9 Å². The molecule has 0 saturated carbocycles. The van der Waals surface area contributed by atoms with Crippen LogP contribution in [0.15, 0.2) is 60.7 Å². The second-order valence-corrected chi connectivity index (χ2v) is 10.6. The van der Waals surface area contributed by atoms with Crippen molar-refractivity contribution in [3.63, 3.8) is 0 Å². The molecule has 0 aliphatic carbocycles. The number of halogens is 1. The van der Waals surface area contributed by atoms with E-state index in [4.69, 9.17) is 21.4 Å². The van der Waals surface area contributed by atoms with E-state index in [1.807, 2.05) is 56.3 Å². The Morgan fingerprint density at radius 2 is 1.81 bits per heavy atom. The summed E-state index contributed by atoms with van der Waals surface area (Å²) in [5.41, 5.74) is 1.25. The summed E-state index contributed by atoms with van der Waals surface area (Å²) in [6, 6.07) is 17.4. The van der Waals surface area contributed by atoms with Crippen molar-refractivity contribution in [3.05, 3.63) is 76.1 Å². The van der Waals surface area contributed by atoms with E-state index in [1.54, 1.807) is 25.3 Å². The van der Waals surface area contributed by atoms with Gasteiger partial charge in [0.15, 0.2) is 0 Å². The topological polar surface area (TPSA) is 105 Å². The molecule has 0 fully saturated rings. The van der Waals surface area contributed by atoms with Crippen LogP contribution < -0.4 is 15.4 Å². The molecule has 2 amide bonds. The minimum Gasteiger partial charge on any atom is -0.497 e. The maximum atomic E-state index is 13.1. The van der Waals surface area contributed by atoms with E-state index in [2.05, 4.69) is 10.6 Å². The molecule has 190 valence electrons. The highest BCUT2D eigenvalue weighted by atomic mass is 35.5. The zero-order valence-electron chi connectivity index (χ0n) is 20.3. The molecule has 3 aromatic rings. The fourth-order valence-corrected chi connectivity index (χ4v) is 4.77. The van der Waals surface area contributed by atoms with Gasteiger partial charge in [-0.15, -0.1) is 11.3 Å². The van der Waals surface area contributed by atoms with Crippen molar-refractivity contribution in [1.82, 2.24) is 10.6 Å². The van der Waals surface area contributed by atoms with Gasteiger partial charge in [0.2, 0.25) is 5.91 Å². The van der Waals surface area contributed by atoms with Crippen LogP contribution in [0, 0.1) is 0 Å². The Morgan fingerprint density at radius 3 is 2.47 bits per heavy atom. The minimum absolute atomic E-state index is 0.0297. The molecule has 1 heterocycles. The molecule has 1 atom stereocenters. The highest BCUT2D eigenvalue weighted by Gasteiger charge is 2.28. The van der Waals surface area contributed by atoms with Gasteiger partial charge in [0.05, 0.1) is 12.0 Å². The number of amides is 2. The number of aliphatic carboxylic acids is 1. The van der Waals surface area contributed by atoms with Crippen LogP contribution in [-0.2, 0) is 16.0 Å². The predicted octanol–water partition coefficient (Wildman–Crippen LogP) is 5.18. The normalized spacial score (nSPS) is 12.0. The van der Waals surface area contributed by atoms with Crippen molar-refractivity contribution >= 4 is 40.7 Å². The molecule has 7 nitrogen and oxygen atoms in total. The van der Waals surface area contributed by atoms with Crippen LogP contribution >= 0.6 is 22.9 Å². The average Bonchev–Trinajstić information content (AvgIpc) is 3.33. The molecule has 3 N–H and O–H groups in total. The van der Waals surface area contributed by atoms with Crippen molar-refractivity contribution < 1.29 is 24.2 Å². The smallest absolute Gasteiger partial charge is 0.303 e. The van der Waals surface area contributed by atoms with E-state index in [-0.39, 0.29) is 12.8 Å². The third-order valence-corrected chi connectivity index (χ3v) is 6.86. The zero-order valence-corrected chi connectivity index (χ0v) is 21.9. The summed E-state index contributed by atoms with van der Waals surface area (Å²) in [5, 5.41) is 15.5. The van der Waals surface area contributed by atoms with Crippen molar-refractivity contribution in [1.29, 1.82) is 0 Å². The summed E-state index contributed by atoms with van der Waals surface area (Å²) in [6.45, 7) is 3.74. The number of carboxylic acids is 1. The number of carbonyl (C=O) groups excluding carboxylic acids is 2.